The Bertz CT molecular complexity index is 654. The second-order valence-corrected chi connectivity index (χ2v) is 7.28. The van der Waals surface area contributed by atoms with E-state index in [0.29, 0.717) is 16.8 Å². The zero-order valence-electron chi connectivity index (χ0n) is 15.3. The minimum absolute atomic E-state index is 0.0432. The fraction of sp³-hybridized carbons (Fsp3) is 0.526. The molecular weight excluding hydrogens is 332 g/mol. The zero-order chi connectivity index (χ0) is 18.1. The molecule has 2 aromatic rings. The van der Waals surface area contributed by atoms with E-state index in [4.69, 9.17) is 0 Å². The summed E-state index contributed by atoms with van der Waals surface area (Å²) in [5, 5.41) is 10.8. The van der Waals surface area contributed by atoms with Crippen molar-refractivity contribution in [1.82, 2.24) is 20.5 Å². The lowest BCUT2D eigenvalue weighted by Gasteiger charge is -2.14. The van der Waals surface area contributed by atoms with Crippen molar-refractivity contribution >= 4 is 17.7 Å². The van der Waals surface area contributed by atoms with Gasteiger partial charge in [0.2, 0.25) is 11.1 Å². The van der Waals surface area contributed by atoms with Gasteiger partial charge in [0.15, 0.2) is 5.82 Å². The fourth-order valence-corrected chi connectivity index (χ4v) is 3.16. The number of benzene rings is 1. The molecule has 1 atom stereocenters. The first-order valence-corrected chi connectivity index (χ1v) is 9.99. The van der Waals surface area contributed by atoms with Crippen LogP contribution in [0.15, 0.2) is 29.4 Å². The second-order valence-electron chi connectivity index (χ2n) is 6.34. The molecule has 1 aromatic heterocycles. The Morgan fingerprint density at radius 2 is 2.04 bits per heavy atom. The van der Waals surface area contributed by atoms with Gasteiger partial charge in [0.25, 0.3) is 0 Å². The van der Waals surface area contributed by atoms with E-state index >= 15 is 0 Å². The van der Waals surface area contributed by atoms with Crippen LogP contribution in [0, 0.1) is 12.8 Å². The molecule has 0 unspecified atom stereocenters. The van der Waals surface area contributed by atoms with Crippen molar-refractivity contribution in [1.29, 1.82) is 0 Å². The third-order valence-corrected chi connectivity index (χ3v) is 5.10. The number of aromatic amines is 1. The number of nitrogens with one attached hydrogen (secondary N) is 2. The summed E-state index contributed by atoms with van der Waals surface area (Å²) in [6.45, 7) is 7.19. The molecule has 2 N–H and O–H groups in total. The molecule has 0 spiro atoms. The maximum absolute atomic E-state index is 12.0. The smallest absolute Gasteiger partial charge is 0.230 e. The Balaban J connectivity index is 1.77. The van der Waals surface area contributed by atoms with Crippen LogP contribution in [0.4, 0.5) is 0 Å². The van der Waals surface area contributed by atoms with Gasteiger partial charge in [0.1, 0.15) is 0 Å². The molecule has 1 aromatic carbocycles. The summed E-state index contributed by atoms with van der Waals surface area (Å²) in [6, 6.07) is 8.11. The Morgan fingerprint density at radius 1 is 1.28 bits per heavy atom. The topological polar surface area (TPSA) is 70.7 Å². The van der Waals surface area contributed by atoms with Gasteiger partial charge >= 0.3 is 0 Å². The van der Waals surface area contributed by atoms with Crippen LogP contribution >= 0.6 is 11.8 Å². The molecule has 136 valence electrons. The molecule has 2 rings (SSSR count). The number of thioether (sulfide) groups is 1. The average Bonchev–Trinajstić information content (AvgIpc) is 3.10. The van der Waals surface area contributed by atoms with Crippen molar-refractivity contribution in [2.24, 2.45) is 5.92 Å². The Hall–Kier alpha value is -1.82. The van der Waals surface area contributed by atoms with E-state index in [1.807, 2.05) is 24.3 Å². The molecule has 6 heteroatoms. The second kappa shape index (κ2) is 10.2. The number of carbonyl (C=O) groups is 1. The highest BCUT2D eigenvalue weighted by molar-refractivity contribution is 7.99. The van der Waals surface area contributed by atoms with Crippen molar-refractivity contribution in [2.75, 3.05) is 12.3 Å². The first-order chi connectivity index (χ1) is 12.1. The molecule has 0 bridgehead atoms. The lowest BCUT2D eigenvalue weighted by molar-refractivity contribution is -0.118. The molecule has 0 aliphatic carbocycles. The van der Waals surface area contributed by atoms with Crippen LogP contribution in [0.5, 0.6) is 0 Å². The molecule has 1 amide bonds. The number of hydrogen-bond donors (Lipinski definition) is 2. The van der Waals surface area contributed by atoms with Crippen molar-refractivity contribution in [3.05, 3.63) is 29.8 Å². The van der Waals surface area contributed by atoms with Crippen molar-refractivity contribution < 1.29 is 4.79 Å². The number of nitrogens with zero attached hydrogens (tertiary/aromatic N) is 2. The molecular formula is C19H28N4OS. The molecule has 0 fully saturated rings. The van der Waals surface area contributed by atoms with Crippen molar-refractivity contribution in [3.63, 3.8) is 0 Å². The monoisotopic (exact) mass is 360 g/mol. The van der Waals surface area contributed by atoms with E-state index in [-0.39, 0.29) is 5.91 Å². The minimum Gasteiger partial charge on any atom is -0.355 e. The predicted octanol–water partition coefficient (Wildman–Crippen LogP) is 4.20. The number of carbonyl (C=O) groups excluding carboxylic acids is 1. The summed E-state index contributed by atoms with van der Waals surface area (Å²) < 4.78 is 0. The van der Waals surface area contributed by atoms with Gasteiger partial charge in [-0.15, -0.1) is 5.10 Å². The standard InChI is InChI=1S/C19H28N4OS/c1-4-6-7-15(5-2)12-20-17(24)13-25-19-21-18(22-23-19)16-10-8-14(3)9-11-16/h8-11,15H,4-7,12-13H2,1-3H3,(H,20,24)(H,21,22,23)/t15-/m1/s1. The lowest BCUT2D eigenvalue weighted by atomic mass is 9.99. The number of aromatic nitrogens is 3. The third kappa shape index (κ3) is 6.53. The van der Waals surface area contributed by atoms with Crippen LogP contribution in [0.1, 0.15) is 45.1 Å². The predicted molar refractivity (Wildman–Crippen MR) is 104 cm³/mol. The maximum Gasteiger partial charge on any atom is 0.230 e. The van der Waals surface area contributed by atoms with Crippen molar-refractivity contribution in [2.45, 2.75) is 51.6 Å². The van der Waals surface area contributed by atoms with Crippen LogP contribution in [0.2, 0.25) is 0 Å². The number of unbranched alkanes of at least 4 members (excludes halogenated alkanes) is 1. The van der Waals surface area contributed by atoms with Gasteiger partial charge < -0.3 is 5.32 Å². The van der Waals surface area contributed by atoms with Gasteiger partial charge in [-0.3, -0.25) is 9.89 Å². The summed E-state index contributed by atoms with van der Waals surface area (Å²) >= 11 is 1.36. The number of H-pyrrole nitrogens is 1. The van der Waals surface area contributed by atoms with Gasteiger partial charge in [0.05, 0.1) is 5.75 Å². The first-order valence-electron chi connectivity index (χ1n) is 9.01. The van der Waals surface area contributed by atoms with E-state index in [9.17, 15) is 4.79 Å². The number of amides is 1. The van der Waals surface area contributed by atoms with Crippen molar-refractivity contribution in [3.8, 4) is 11.4 Å². The van der Waals surface area contributed by atoms with E-state index in [1.165, 1.54) is 36.6 Å². The first kappa shape index (κ1) is 19.5. The lowest BCUT2D eigenvalue weighted by Crippen LogP contribution is -2.30. The van der Waals surface area contributed by atoms with Gasteiger partial charge in [-0.05, 0) is 19.3 Å². The van der Waals surface area contributed by atoms with Gasteiger partial charge in [-0.1, -0.05) is 74.7 Å². The van der Waals surface area contributed by atoms with Gasteiger partial charge in [0, 0.05) is 12.1 Å². The van der Waals surface area contributed by atoms with E-state index in [2.05, 4.69) is 41.3 Å². The summed E-state index contributed by atoms with van der Waals surface area (Å²) in [5.41, 5.74) is 2.20. The Morgan fingerprint density at radius 3 is 2.72 bits per heavy atom. The largest absolute Gasteiger partial charge is 0.355 e. The normalized spacial score (nSPS) is 12.1. The Kier molecular flexibility index (Phi) is 7.98. The summed E-state index contributed by atoms with van der Waals surface area (Å²) in [4.78, 5) is 16.5. The summed E-state index contributed by atoms with van der Waals surface area (Å²) in [5.74, 6) is 1.69. The van der Waals surface area contributed by atoms with Crippen LogP contribution < -0.4 is 5.32 Å². The summed E-state index contributed by atoms with van der Waals surface area (Å²) in [6.07, 6.45) is 4.71. The number of rotatable bonds is 10. The van der Waals surface area contributed by atoms with Gasteiger partial charge in [-0.25, -0.2) is 4.98 Å². The number of hydrogen-bond acceptors (Lipinski definition) is 4. The van der Waals surface area contributed by atoms with Crippen LogP contribution in [0.25, 0.3) is 11.4 Å². The molecule has 0 aliphatic heterocycles. The molecule has 5 nitrogen and oxygen atoms in total. The zero-order valence-corrected chi connectivity index (χ0v) is 16.2. The molecule has 0 saturated heterocycles. The molecule has 0 saturated carbocycles. The average molecular weight is 361 g/mol. The SMILES string of the molecule is CCCC[C@@H](CC)CNC(=O)CSc1n[nH]c(-c2ccc(C)cc2)n1. The molecule has 1 heterocycles. The highest BCUT2D eigenvalue weighted by Gasteiger charge is 2.11. The summed E-state index contributed by atoms with van der Waals surface area (Å²) in [7, 11) is 0. The molecule has 0 radical (unpaired) electrons. The highest BCUT2D eigenvalue weighted by atomic mass is 32.2. The van der Waals surface area contributed by atoms with E-state index in [1.54, 1.807) is 0 Å². The fourth-order valence-electron chi connectivity index (χ4n) is 2.53. The van der Waals surface area contributed by atoms with E-state index in [0.717, 1.165) is 24.4 Å². The minimum atomic E-state index is 0.0432. The third-order valence-electron chi connectivity index (χ3n) is 4.25. The van der Waals surface area contributed by atoms with Gasteiger partial charge in [-0.2, -0.15) is 0 Å². The van der Waals surface area contributed by atoms with Crippen LogP contribution in [-0.2, 0) is 4.79 Å². The highest BCUT2D eigenvalue weighted by Crippen LogP contribution is 2.19. The Labute approximate surface area is 154 Å². The van der Waals surface area contributed by atoms with E-state index < -0.39 is 0 Å². The molecule has 0 aliphatic rings. The molecule has 25 heavy (non-hydrogen) atoms. The maximum atomic E-state index is 12.0. The number of aryl methyl sites for hydroxylation is 1. The van der Waals surface area contributed by atoms with Crippen LogP contribution in [-0.4, -0.2) is 33.4 Å². The quantitative estimate of drug-likeness (QED) is 0.623. The van der Waals surface area contributed by atoms with Crippen LogP contribution in [0.3, 0.4) is 0 Å².